The van der Waals surface area contributed by atoms with Crippen LogP contribution in [0.5, 0.6) is 0 Å². The van der Waals surface area contributed by atoms with Crippen molar-refractivity contribution < 1.29 is 22.5 Å². The predicted octanol–water partition coefficient (Wildman–Crippen LogP) is 3.42. The van der Waals surface area contributed by atoms with Gasteiger partial charge in [-0.05, 0) is 38.0 Å². The van der Waals surface area contributed by atoms with Crippen molar-refractivity contribution in [2.45, 2.75) is 31.9 Å². The first kappa shape index (κ1) is 16.5. The lowest BCUT2D eigenvalue weighted by Gasteiger charge is -2.31. The molecule has 1 aliphatic heterocycles. The predicted molar refractivity (Wildman–Crippen MR) is 78.4 cm³/mol. The lowest BCUT2D eigenvalue weighted by molar-refractivity contribution is -0.137. The normalized spacial score (nSPS) is 18.7. The van der Waals surface area contributed by atoms with Crippen LogP contribution in [-0.4, -0.2) is 34.0 Å². The van der Waals surface area contributed by atoms with Crippen molar-refractivity contribution in [2.24, 2.45) is 0 Å². The number of alkyl halides is 3. The summed E-state index contributed by atoms with van der Waals surface area (Å²) in [6, 6.07) is 4.50. The summed E-state index contributed by atoms with van der Waals surface area (Å²) in [5.41, 5.74) is -0.790. The van der Waals surface area contributed by atoms with E-state index in [1.54, 1.807) is 11.8 Å². The first-order valence-electron chi connectivity index (χ1n) is 7.61. The number of hydrogen-bond acceptors (Lipinski definition) is 4. The highest BCUT2D eigenvalue weighted by Gasteiger charge is 2.32. The van der Waals surface area contributed by atoms with Gasteiger partial charge in [-0.1, -0.05) is 11.2 Å². The first-order chi connectivity index (χ1) is 11.3. The summed E-state index contributed by atoms with van der Waals surface area (Å²) < 4.78 is 43.6. The number of likely N-dealkylation sites (tertiary alicyclic amines) is 1. The maximum absolute atomic E-state index is 12.8. The van der Waals surface area contributed by atoms with Crippen LogP contribution < -0.4 is 0 Å². The van der Waals surface area contributed by atoms with Gasteiger partial charge in [0, 0.05) is 18.7 Å². The minimum atomic E-state index is -4.47. The van der Waals surface area contributed by atoms with Crippen molar-refractivity contribution in [3.05, 3.63) is 47.1 Å². The summed E-state index contributed by atoms with van der Waals surface area (Å²) in [7, 11) is 0. The van der Waals surface area contributed by atoms with Crippen molar-refractivity contribution in [2.75, 3.05) is 13.1 Å². The van der Waals surface area contributed by atoms with E-state index in [-0.39, 0.29) is 11.5 Å². The summed E-state index contributed by atoms with van der Waals surface area (Å²) in [5.74, 6) is 0.483. The molecular formula is C16H16F3N3O2. The van der Waals surface area contributed by atoms with E-state index >= 15 is 0 Å². The number of nitrogens with zero attached hydrogens (tertiary/aromatic N) is 3. The zero-order chi connectivity index (χ0) is 17.3. The maximum atomic E-state index is 12.8. The van der Waals surface area contributed by atoms with E-state index in [4.69, 9.17) is 4.52 Å². The molecule has 1 aromatic carbocycles. The van der Waals surface area contributed by atoms with E-state index in [9.17, 15) is 18.0 Å². The smallest absolute Gasteiger partial charge is 0.339 e. The molecule has 0 bridgehead atoms. The third-order valence-electron chi connectivity index (χ3n) is 4.04. The molecule has 1 atom stereocenters. The van der Waals surface area contributed by atoms with E-state index in [1.807, 2.05) is 0 Å². The first-order valence-corrected chi connectivity index (χ1v) is 7.61. The molecule has 0 N–H and O–H groups in total. The third-order valence-corrected chi connectivity index (χ3v) is 4.04. The second-order valence-electron chi connectivity index (χ2n) is 5.85. The molecule has 2 aromatic rings. The molecule has 2 heterocycles. The Bertz CT molecular complexity index is 742. The number of rotatable bonds is 2. The summed E-state index contributed by atoms with van der Waals surface area (Å²) >= 11 is 0. The summed E-state index contributed by atoms with van der Waals surface area (Å²) in [6.07, 6.45) is -2.94. The number of halogens is 3. The molecule has 1 saturated heterocycles. The van der Waals surface area contributed by atoms with Crippen molar-refractivity contribution in [1.82, 2.24) is 15.0 Å². The van der Waals surface area contributed by atoms with Gasteiger partial charge in [-0.15, -0.1) is 0 Å². The largest absolute Gasteiger partial charge is 0.416 e. The van der Waals surface area contributed by atoms with Crippen LogP contribution in [0.3, 0.4) is 0 Å². The van der Waals surface area contributed by atoms with Crippen LogP contribution in [-0.2, 0) is 6.18 Å². The highest BCUT2D eigenvalue weighted by atomic mass is 19.4. The fraction of sp³-hybridized carbons (Fsp3) is 0.438. The van der Waals surface area contributed by atoms with Crippen LogP contribution >= 0.6 is 0 Å². The lowest BCUT2D eigenvalue weighted by atomic mass is 9.97. The van der Waals surface area contributed by atoms with Gasteiger partial charge in [-0.25, -0.2) is 0 Å². The Balaban J connectivity index is 1.77. The van der Waals surface area contributed by atoms with E-state index in [0.29, 0.717) is 24.8 Å². The van der Waals surface area contributed by atoms with Crippen LogP contribution in [0.2, 0.25) is 0 Å². The number of piperidine rings is 1. The topological polar surface area (TPSA) is 59.2 Å². The molecule has 24 heavy (non-hydrogen) atoms. The highest BCUT2D eigenvalue weighted by Crippen LogP contribution is 2.31. The number of amides is 1. The Kier molecular flexibility index (Phi) is 4.29. The van der Waals surface area contributed by atoms with E-state index < -0.39 is 17.6 Å². The molecule has 1 aromatic heterocycles. The number of carbonyl (C=O) groups excluding carboxylic acids is 1. The zero-order valence-corrected chi connectivity index (χ0v) is 13.0. The number of hydrogen-bond donors (Lipinski definition) is 0. The third kappa shape index (κ3) is 3.42. The Labute approximate surface area is 136 Å². The summed E-state index contributed by atoms with van der Waals surface area (Å²) in [4.78, 5) is 18.3. The van der Waals surface area contributed by atoms with Gasteiger partial charge >= 0.3 is 6.18 Å². The summed E-state index contributed by atoms with van der Waals surface area (Å²) in [5, 5.41) is 3.74. The van der Waals surface area contributed by atoms with E-state index in [0.717, 1.165) is 25.0 Å². The molecule has 1 aliphatic rings. The van der Waals surface area contributed by atoms with Gasteiger partial charge in [0.1, 0.15) is 0 Å². The molecule has 1 fully saturated rings. The van der Waals surface area contributed by atoms with Gasteiger partial charge in [0.05, 0.1) is 11.5 Å². The lowest BCUT2D eigenvalue weighted by Crippen LogP contribution is -2.39. The van der Waals surface area contributed by atoms with Gasteiger partial charge in [-0.3, -0.25) is 4.79 Å². The second kappa shape index (κ2) is 6.26. The van der Waals surface area contributed by atoms with Crippen molar-refractivity contribution >= 4 is 5.91 Å². The van der Waals surface area contributed by atoms with Crippen molar-refractivity contribution in [3.8, 4) is 0 Å². The van der Waals surface area contributed by atoms with E-state index in [1.165, 1.54) is 12.1 Å². The molecule has 128 valence electrons. The van der Waals surface area contributed by atoms with Crippen LogP contribution in [0.1, 0.15) is 46.4 Å². The monoisotopic (exact) mass is 339 g/mol. The van der Waals surface area contributed by atoms with E-state index in [2.05, 4.69) is 10.1 Å². The number of aromatic nitrogens is 2. The molecule has 0 saturated carbocycles. The average Bonchev–Trinajstić information content (AvgIpc) is 3.00. The fourth-order valence-corrected chi connectivity index (χ4v) is 2.85. The molecule has 0 aliphatic carbocycles. The minimum Gasteiger partial charge on any atom is -0.339 e. The average molecular weight is 339 g/mol. The molecule has 0 unspecified atom stereocenters. The summed E-state index contributed by atoms with van der Waals surface area (Å²) in [6.45, 7) is 2.57. The molecule has 5 nitrogen and oxygen atoms in total. The van der Waals surface area contributed by atoms with Gasteiger partial charge in [0.25, 0.3) is 5.91 Å². The maximum Gasteiger partial charge on any atom is 0.416 e. The minimum absolute atomic E-state index is 0.0344. The molecule has 0 radical (unpaired) electrons. The molecule has 3 rings (SSSR count). The van der Waals surface area contributed by atoms with Crippen LogP contribution in [0.4, 0.5) is 13.2 Å². The van der Waals surface area contributed by atoms with Gasteiger partial charge in [-0.2, -0.15) is 18.2 Å². The molecule has 1 amide bonds. The van der Waals surface area contributed by atoms with Gasteiger partial charge < -0.3 is 9.42 Å². The number of aryl methyl sites for hydroxylation is 1. The fourth-order valence-electron chi connectivity index (χ4n) is 2.85. The van der Waals surface area contributed by atoms with Crippen LogP contribution in [0.15, 0.2) is 28.8 Å². The standard InChI is InChI=1S/C16H16F3N3O2/c1-10-20-14(24-21-10)12-5-3-7-22(9-12)15(23)11-4-2-6-13(8-11)16(17,18)19/h2,4,6,8,12H,3,5,7,9H2,1H3/t12-/m0/s1. The Hall–Kier alpha value is -2.38. The SMILES string of the molecule is Cc1noc([C@H]2CCCN(C(=O)c3cccc(C(F)(F)F)c3)C2)n1. The molecule has 0 spiro atoms. The number of benzene rings is 1. The quantitative estimate of drug-likeness (QED) is 0.841. The van der Waals surface area contributed by atoms with Gasteiger partial charge in [0.15, 0.2) is 5.82 Å². The van der Waals surface area contributed by atoms with Crippen molar-refractivity contribution in [3.63, 3.8) is 0 Å². The van der Waals surface area contributed by atoms with Crippen LogP contribution in [0, 0.1) is 6.92 Å². The van der Waals surface area contributed by atoms with Crippen molar-refractivity contribution in [1.29, 1.82) is 0 Å². The molecular weight excluding hydrogens is 323 g/mol. The number of carbonyl (C=O) groups is 1. The second-order valence-corrected chi connectivity index (χ2v) is 5.85. The zero-order valence-electron chi connectivity index (χ0n) is 13.0. The molecule has 8 heteroatoms. The van der Waals surface area contributed by atoms with Crippen LogP contribution in [0.25, 0.3) is 0 Å². The Morgan fingerprint density at radius 1 is 1.38 bits per heavy atom. The Morgan fingerprint density at radius 3 is 2.83 bits per heavy atom. The van der Waals surface area contributed by atoms with Gasteiger partial charge in [0.2, 0.25) is 5.89 Å². The Morgan fingerprint density at radius 2 is 2.17 bits per heavy atom. The highest BCUT2D eigenvalue weighted by molar-refractivity contribution is 5.94.